The number of hydrogen-bond donors (Lipinski definition) is 2. The van der Waals surface area contributed by atoms with Gasteiger partial charge in [0.25, 0.3) is 0 Å². The number of carbonyl (C=O) groups excluding carboxylic acids is 1. The van der Waals surface area contributed by atoms with Crippen LogP contribution in [0.1, 0.15) is 31.7 Å². The Hall–Kier alpha value is -2.24. The third-order valence-corrected chi connectivity index (χ3v) is 3.18. The lowest BCUT2D eigenvalue weighted by Crippen LogP contribution is -2.40. The van der Waals surface area contributed by atoms with Gasteiger partial charge in [0, 0.05) is 13.6 Å². The molecule has 0 atom stereocenters. The number of nitrogens with one attached hydrogen (secondary N) is 1. The number of amides is 2. The maximum Gasteiger partial charge on any atom is 0.317 e. The first-order chi connectivity index (χ1) is 10.4. The molecule has 6 nitrogen and oxygen atoms in total. The van der Waals surface area contributed by atoms with Crippen LogP contribution in [0.15, 0.2) is 24.3 Å². The molecule has 22 heavy (non-hydrogen) atoms. The fourth-order valence-electron chi connectivity index (χ4n) is 1.91. The number of nitrogens with zero attached hydrogens (tertiary/aromatic N) is 1. The van der Waals surface area contributed by atoms with Crippen LogP contribution in [0.25, 0.3) is 0 Å². The number of benzene rings is 1. The molecule has 0 aliphatic rings. The second-order valence-corrected chi connectivity index (χ2v) is 5.34. The van der Waals surface area contributed by atoms with E-state index in [9.17, 15) is 9.59 Å². The molecule has 2 N–H and O–H groups in total. The predicted molar refractivity (Wildman–Crippen MR) is 84.3 cm³/mol. The second kappa shape index (κ2) is 8.92. The van der Waals surface area contributed by atoms with Gasteiger partial charge in [-0.25, -0.2) is 4.79 Å². The van der Waals surface area contributed by atoms with Crippen molar-refractivity contribution in [3.8, 4) is 5.75 Å². The number of urea groups is 1. The van der Waals surface area contributed by atoms with Gasteiger partial charge in [-0.3, -0.25) is 4.79 Å². The van der Waals surface area contributed by atoms with Gasteiger partial charge in [-0.1, -0.05) is 32.0 Å². The molecule has 0 radical (unpaired) electrons. The minimum absolute atomic E-state index is 0.0673. The molecule has 0 unspecified atom stereocenters. The Morgan fingerprint density at radius 3 is 2.64 bits per heavy atom. The third-order valence-electron chi connectivity index (χ3n) is 3.18. The number of para-hydroxylation sites is 1. The molecule has 0 saturated heterocycles. The van der Waals surface area contributed by atoms with E-state index < -0.39 is 5.97 Å². The lowest BCUT2D eigenvalue weighted by molar-refractivity contribution is -0.137. The van der Waals surface area contributed by atoms with Gasteiger partial charge in [0.2, 0.25) is 0 Å². The quantitative estimate of drug-likeness (QED) is 0.722. The van der Waals surface area contributed by atoms with Crippen LogP contribution in [-0.2, 0) is 4.79 Å². The predicted octanol–water partition coefficient (Wildman–Crippen LogP) is 2.30. The summed E-state index contributed by atoms with van der Waals surface area (Å²) >= 11 is 0. The Bertz CT molecular complexity index is 503. The Labute approximate surface area is 131 Å². The standard InChI is InChI=1S/C16H24N2O4/c1-12(2)13-6-4-5-7-14(13)22-11-9-17-16(21)18(3)10-8-15(19)20/h4-7,12H,8-11H2,1-3H3,(H,17,21)(H,19,20). The fourth-order valence-corrected chi connectivity index (χ4v) is 1.91. The van der Waals surface area contributed by atoms with Crippen LogP contribution in [0.5, 0.6) is 5.75 Å². The zero-order valence-corrected chi connectivity index (χ0v) is 13.3. The van der Waals surface area contributed by atoms with Crippen molar-refractivity contribution >= 4 is 12.0 Å². The second-order valence-electron chi connectivity index (χ2n) is 5.34. The minimum atomic E-state index is -0.923. The number of carbonyl (C=O) groups is 2. The van der Waals surface area contributed by atoms with Crippen molar-refractivity contribution in [2.24, 2.45) is 0 Å². The number of rotatable bonds is 8. The van der Waals surface area contributed by atoms with Crippen molar-refractivity contribution in [2.45, 2.75) is 26.2 Å². The smallest absolute Gasteiger partial charge is 0.317 e. The highest BCUT2D eigenvalue weighted by Gasteiger charge is 2.10. The summed E-state index contributed by atoms with van der Waals surface area (Å²) in [6, 6.07) is 7.52. The maximum atomic E-state index is 11.7. The van der Waals surface area contributed by atoms with Gasteiger partial charge in [0.05, 0.1) is 13.0 Å². The highest BCUT2D eigenvalue weighted by molar-refractivity contribution is 5.74. The van der Waals surface area contributed by atoms with E-state index in [1.54, 1.807) is 7.05 Å². The summed E-state index contributed by atoms with van der Waals surface area (Å²) in [5.74, 6) is 0.271. The molecular weight excluding hydrogens is 284 g/mol. The van der Waals surface area contributed by atoms with E-state index >= 15 is 0 Å². The Morgan fingerprint density at radius 2 is 2.00 bits per heavy atom. The molecule has 0 aliphatic heterocycles. The first-order valence-electron chi connectivity index (χ1n) is 7.34. The van der Waals surface area contributed by atoms with Crippen molar-refractivity contribution in [3.63, 3.8) is 0 Å². The lowest BCUT2D eigenvalue weighted by Gasteiger charge is -2.18. The molecule has 6 heteroatoms. The van der Waals surface area contributed by atoms with Crippen LogP contribution in [0.4, 0.5) is 4.79 Å². The highest BCUT2D eigenvalue weighted by atomic mass is 16.5. The Kier molecular flexibility index (Phi) is 7.22. The number of aliphatic carboxylic acids is 1. The van der Waals surface area contributed by atoms with Gasteiger partial charge in [-0.15, -0.1) is 0 Å². The number of hydrogen-bond acceptors (Lipinski definition) is 3. The average Bonchev–Trinajstić information content (AvgIpc) is 2.49. The van der Waals surface area contributed by atoms with Crippen molar-refractivity contribution in [1.29, 1.82) is 0 Å². The maximum absolute atomic E-state index is 11.7. The first-order valence-corrected chi connectivity index (χ1v) is 7.34. The monoisotopic (exact) mass is 308 g/mol. The van der Waals surface area contributed by atoms with Gasteiger partial charge in [-0.2, -0.15) is 0 Å². The van der Waals surface area contributed by atoms with E-state index in [4.69, 9.17) is 9.84 Å². The Balaban J connectivity index is 2.33. The van der Waals surface area contributed by atoms with Crippen molar-refractivity contribution < 1.29 is 19.4 Å². The van der Waals surface area contributed by atoms with Gasteiger partial charge in [0.1, 0.15) is 12.4 Å². The molecule has 1 aromatic carbocycles. The molecule has 122 valence electrons. The van der Waals surface area contributed by atoms with Crippen LogP contribution in [-0.4, -0.2) is 48.8 Å². The summed E-state index contributed by atoms with van der Waals surface area (Å²) < 4.78 is 5.70. The van der Waals surface area contributed by atoms with Crippen LogP contribution in [0.2, 0.25) is 0 Å². The zero-order chi connectivity index (χ0) is 16.5. The molecule has 1 rings (SSSR count). The van der Waals surface area contributed by atoms with Crippen LogP contribution in [0, 0.1) is 0 Å². The van der Waals surface area contributed by atoms with Gasteiger partial charge >= 0.3 is 12.0 Å². The SMILES string of the molecule is CC(C)c1ccccc1OCCNC(=O)N(C)CCC(=O)O. The van der Waals surface area contributed by atoms with E-state index in [1.807, 2.05) is 24.3 Å². The van der Waals surface area contributed by atoms with Crippen molar-refractivity contribution in [2.75, 3.05) is 26.7 Å². The van der Waals surface area contributed by atoms with Gasteiger partial charge < -0.3 is 20.1 Å². The molecule has 0 aliphatic carbocycles. The fraction of sp³-hybridized carbons (Fsp3) is 0.500. The molecule has 0 spiro atoms. The van der Waals surface area contributed by atoms with Crippen LogP contribution >= 0.6 is 0 Å². The minimum Gasteiger partial charge on any atom is -0.491 e. The number of carboxylic acid groups (broad SMARTS) is 1. The van der Waals surface area contributed by atoms with Crippen LogP contribution in [0.3, 0.4) is 0 Å². The molecule has 1 aromatic rings. The van der Waals surface area contributed by atoms with E-state index in [2.05, 4.69) is 19.2 Å². The summed E-state index contributed by atoms with van der Waals surface area (Å²) in [6.45, 7) is 5.10. The summed E-state index contributed by atoms with van der Waals surface area (Å²) in [5, 5.41) is 11.3. The van der Waals surface area contributed by atoms with E-state index in [0.717, 1.165) is 11.3 Å². The lowest BCUT2D eigenvalue weighted by atomic mass is 10.0. The first kappa shape index (κ1) is 17.8. The van der Waals surface area contributed by atoms with Crippen molar-refractivity contribution in [1.82, 2.24) is 10.2 Å². The molecular formula is C16H24N2O4. The van der Waals surface area contributed by atoms with E-state index in [-0.39, 0.29) is 19.0 Å². The normalized spacial score (nSPS) is 10.4. The summed E-state index contributed by atoms with van der Waals surface area (Å²) in [5.41, 5.74) is 1.13. The largest absolute Gasteiger partial charge is 0.491 e. The number of ether oxygens (including phenoxy) is 1. The summed E-state index contributed by atoms with van der Waals surface area (Å²) in [4.78, 5) is 23.5. The average molecular weight is 308 g/mol. The third kappa shape index (κ3) is 6.03. The molecule has 2 amide bonds. The van der Waals surface area contributed by atoms with Gasteiger partial charge in [-0.05, 0) is 17.5 Å². The molecule has 0 fully saturated rings. The molecule has 0 heterocycles. The van der Waals surface area contributed by atoms with Crippen molar-refractivity contribution in [3.05, 3.63) is 29.8 Å². The molecule has 0 bridgehead atoms. The van der Waals surface area contributed by atoms with E-state index in [0.29, 0.717) is 19.1 Å². The Morgan fingerprint density at radius 1 is 1.32 bits per heavy atom. The molecule has 0 saturated carbocycles. The zero-order valence-electron chi connectivity index (χ0n) is 13.3. The summed E-state index contributed by atoms with van der Waals surface area (Å²) in [7, 11) is 1.56. The van der Waals surface area contributed by atoms with E-state index in [1.165, 1.54) is 4.90 Å². The molecule has 0 aromatic heterocycles. The number of carboxylic acids is 1. The topological polar surface area (TPSA) is 78.9 Å². The summed E-state index contributed by atoms with van der Waals surface area (Å²) in [6.07, 6.45) is -0.0673. The van der Waals surface area contributed by atoms with Crippen LogP contribution < -0.4 is 10.1 Å². The van der Waals surface area contributed by atoms with Gasteiger partial charge in [0.15, 0.2) is 0 Å². The highest BCUT2D eigenvalue weighted by Crippen LogP contribution is 2.25.